The van der Waals surface area contributed by atoms with E-state index in [1.165, 1.54) is 14.2 Å². The van der Waals surface area contributed by atoms with Crippen LogP contribution in [-0.2, 0) is 9.47 Å². The molecule has 3 N–H and O–H groups in total. The Labute approximate surface area is 70.6 Å². The van der Waals surface area contributed by atoms with Gasteiger partial charge in [-0.25, -0.2) is 11.3 Å². The summed E-state index contributed by atoms with van der Waals surface area (Å²) in [6, 6.07) is 0. The van der Waals surface area contributed by atoms with Gasteiger partial charge in [-0.2, -0.15) is 0 Å². The summed E-state index contributed by atoms with van der Waals surface area (Å²) in [6.45, 7) is 1.82. The van der Waals surface area contributed by atoms with Crippen molar-refractivity contribution in [3.8, 4) is 0 Å². The summed E-state index contributed by atoms with van der Waals surface area (Å²) < 4.78 is 9.95. The van der Waals surface area contributed by atoms with Gasteiger partial charge in [-0.1, -0.05) is 0 Å². The summed E-state index contributed by atoms with van der Waals surface area (Å²) >= 11 is 0. The molecule has 0 saturated heterocycles. The number of hydrogen-bond acceptors (Lipinski definition) is 6. The average Bonchev–Trinajstić information content (AvgIpc) is 2.08. The van der Waals surface area contributed by atoms with Crippen molar-refractivity contribution in [1.29, 1.82) is 0 Å². The molecule has 68 valence electrons. The average molecular weight is 172 g/mol. The van der Waals surface area contributed by atoms with E-state index >= 15 is 0 Å². The van der Waals surface area contributed by atoms with Crippen LogP contribution in [0.3, 0.4) is 0 Å². The molecule has 0 saturated carbocycles. The molecule has 6 heteroatoms. The first-order chi connectivity index (χ1) is 5.69. The minimum Gasteiger partial charge on any atom is -0.481 e. The first kappa shape index (κ1) is 8.66. The highest BCUT2D eigenvalue weighted by Gasteiger charge is 2.17. The van der Waals surface area contributed by atoms with E-state index in [2.05, 4.69) is 10.5 Å². The molecule has 1 heterocycles. The van der Waals surface area contributed by atoms with Crippen molar-refractivity contribution in [2.45, 2.75) is 6.92 Å². The standard InChI is InChI=1S/C6H12N4O2/c1-4-5(11-2)8-10(7)9-6(4)12-3/h8H,7H2,1-3H3. The predicted octanol–water partition coefficient (Wildman–Crippen LogP) is -0.482. The zero-order valence-electron chi connectivity index (χ0n) is 7.29. The normalized spacial score (nSPS) is 17.0. The maximum Gasteiger partial charge on any atom is 0.242 e. The van der Waals surface area contributed by atoms with E-state index in [1.54, 1.807) is 0 Å². The van der Waals surface area contributed by atoms with Crippen molar-refractivity contribution in [1.82, 2.24) is 10.7 Å². The van der Waals surface area contributed by atoms with Crippen LogP contribution in [0.4, 0.5) is 0 Å². The number of hydrogen-bond donors (Lipinski definition) is 2. The third-order valence-electron chi connectivity index (χ3n) is 1.47. The van der Waals surface area contributed by atoms with E-state index < -0.39 is 0 Å². The summed E-state index contributed by atoms with van der Waals surface area (Å²) in [6.07, 6.45) is 0. The molecule has 0 fully saturated rings. The van der Waals surface area contributed by atoms with E-state index in [0.29, 0.717) is 11.8 Å². The van der Waals surface area contributed by atoms with Crippen molar-refractivity contribution in [2.24, 2.45) is 10.9 Å². The van der Waals surface area contributed by atoms with Crippen molar-refractivity contribution in [2.75, 3.05) is 14.2 Å². The zero-order chi connectivity index (χ0) is 9.14. The third-order valence-corrected chi connectivity index (χ3v) is 1.47. The molecule has 0 aromatic heterocycles. The lowest BCUT2D eigenvalue weighted by Gasteiger charge is -2.23. The lowest BCUT2D eigenvalue weighted by molar-refractivity contribution is 0.131. The molecule has 0 unspecified atom stereocenters. The van der Waals surface area contributed by atoms with E-state index in [0.717, 1.165) is 10.8 Å². The number of hydrazone groups is 1. The van der Waals surface area contributed by atoms with Crippen molar-refractivity contribution in [3.05, 3.63) is 11.5 Å². The number of nitrogens with two attached hydrogens (primary N) is 1. The molecule has 0 spiro atoms. The quantitative estimate of drug-likeness (QED) is 0.522. The Hall–Kier alpha value is -1.43. The highest BCUT2D eigenvalue weighted by Crippen LogP contribution is 2.09. The molecular formula is C6H12N4O2. The topological polar surface area (TPSA) is 72.1 Å². The van der Waals surface area contributed by atoms with Crippen LogP contribution in [-0.4, -0.2) is 25.3 Å². The van der Waals surface area contributed by atoms with Crippen LogP contribution < -0.4 is 11.3 Å². The molecule has 0 bridgehead atoms. The van der Waals surface area contributed by atoms with Gasteiger partial charge in [-0.15, -0.1) is 10.3 Å². The second-order valence-electron chi connectivity index (χ2n) is 2.22. The Balaban J connectivity index is 2.91. The van der Waals surface area contributed by atoms with Gasteiger partial charge in [-0.3, -0.25) is 0 Å². The number of nitrogens with one attached hydrogen (secondary N) is 1. The molecule has 0 amide bonds. The highest BCUT2D eigenvalue weighted by molar-refractivity contribution is 5.93. The number of ether oxygens (including phenoxy) is 2. The minimum atomic E-state index is 0.438. The van der Waals surface area contributed by atoms with Crippen molar-refractivity contribution < 1.29 is 9.47 Å². The summed E-state index contributed by atoms with van der Waals surface area (Å²) in [5.41, 5.74) is 3.46. The highest BCUT2D eigenvalue weighted by atomic mass is 16.5. The van der Waals surface area contributed by atoms with Gasteiger partial charge in [-0.05, 0) is 6.92 Å². The lowest BCUT2D eigenvalue weighted by Crippen LogP contribution is -2.44. The van der Waals surface area contributed by atoms with Gasteiger partial charge in [0.1, 0.15) is 0 Å². The second-order valence-corrected chi connectivity index (χ2v) is 2.22. The molecule has 1 rings (SSSR count). The molecule has 0 aliphatic carbocycles. The number of nitrogens with zero attached hydrogens (tertiary/aromatic N) is 2. The fourth-order valence-corrected chi connectivity index (χ4v) is 0.876. The van der Waals surface area contributed by atoms with Crippen LogP contribution in [0.15, 0.2) is 16.6 Å². The maximum atomic E-state index is 5.37. The summed E-state index contributed by atoms with van der Waals surface area (Å²) in [5.74, 6) is 6.34. The number of methoxy groups -OCH3 is 2. The van der Waals surface area contributed by atoms with Gasteiger partial charge in [0.15, 0.2) is 0 Å². The van der Waals surface area contributed by atoms with Crippen LogP contribution in [0.5, 0.6) is 0 Å². The summed E-state index contributed by atoms with van der Waals surface area (Å²) in [7, 11) is 3.06. The van der Waals surface area contributed by atoms with E-state index in [-0.39, 0.29) is 0 Å². The SMILES string of the molecule is COC1=NN(N)NC(OC)=C1C. The minimum absolute atomic E-state index is 0.438. The van der Waals surface area contributed by atoms with Crippen LogP contribution in [0.1, 0.15) is 6.92 Å². The fourth-order valence-electron chi connectivity index (χ4n) is 0.876. The molecule has 6 nitrogen and oxygen atoms in total. The van der Waals surface area contributed by atoms with Gasteiger partial charge in [0.25, 0.3) is 0 Å². The molecule has 1 aliphatic rings. The second kappa shape index (κ2) is 3.31. The van der Waals surface area contributed by atoms with Crippen molar-refractivity contribution >= 4 is 5.90 Å². The third kappa shape index (κ3) is 1.42. The molecule has 0 radical (unpaired) electrons. The number of rotatable bonds is 1. The van der Waals surface area contributed by atoms with Crippen LogP contribution >= 0.6 is 0 Å². The van der Waals surface area contributed by atoms with Crippen LogP contribution in [0.25, 0.3) is 0 Å². The van der Waals surface area contributed by atoms with Crippen LogP contribution in [0.2, 0.25) is 0 Å². The van der Waals surface area contributed by atoms with E-state index in [4.69, 9.17) is 15.3 Å². The molecule has 0 aromatic carbocycles. The molecule has 12 heavy (non-hydrogen) atoms. The predicted molar refractivity (Wildman–Crippen MR) is 43.3 cm³/mol. The monoisotopic (exact) mass is 172 g/mol. The Kier molecular flexibility index (Phi) is 2.39. The lowest BCUT2D eigenvalue weighted by atomic mass is 10.3. The van der Waals surface area contributed by atoms with Crippen molar-refractivity contribution in [3.63, 3.8) is 0 Å². The summed E-state index contributed by atoms with van der Waals surface area (Å²) in [4.78, 5) is 0. The first-order valence-electron chi connectivity index (χ1n) is 3.38. The molecular weight excluding hydrogens is 160 g/mol. The Morgan fingerprint density at radius 1 is 1.42 bits per heavy atom. The van der Waals surface area contributed by atoms with Gasteiger partial charge >= 0.3 is 0 Å². The largest absolute Gasteiger partial charge is 0.481 e. The van der Waals surface area contributed by atoms with Gasteiger partial charge in [0, 0.05) is 0 Å². The van der Waals surface area contributed by atoms with E-state index in [9.17, 15) is 0 Å². The smallest absolute Gasteiger partial charge is 0.242 e. The summed E-state index contributed by atoms with van der Waals surface area (Å²) in [5, 5.41) is 4.87. The Morgan fingerprint density at radius 3 is 2.58 bits per heavy atom. The first-order valence-corrected chi connectivity index (χ1v) is 3.38. The molecule has 0 atom stereocenters. The fraction of sp³-hybridized carbons (Fsp3) is 0.500. The number of hydrazine groups is 2. The van der Waals surface area contributed by atoms with E-state index in [1.807, 2.05) is 6.92 Å². The Bertz CT molecular complexity index is 236. The van der Waals surface area contributed by atoms with Gasteiger partial charge in [0.2, 0.25) is 11.8 Å². The van der Waals surface area contributed by atoms with Crippen LogP contribution in [0, 0.1) is 0 Å². The van der Waals surface area contributed by atoms with Gasteiger partial charge in [0.05, 0.1) is 19.8 Å². The molecule has 1 aliphatic heterocycles. The van der Waals surface area contributed by atoms with Gasteiger partial charge < -0.3 is 9.47 Å². The molecule has 0 aromatic rings. The zero-order valence-corrected chi connectivity index (χ0v) is 7.29. The Morgan fingerprint density at radius 2 is 2.08 bits per heavy atom. The maximum absolute atomic E-state index is 5.37.